The van der Waals surface area contributed by atoms with Gasteiger partial charge in [0.2, 0.25) is 5.91 Å². The van der Waals surface area contributed by atoms with Crippen LogP contribution in [0.15, 0.2) is 59.8 Å². The van der Waals surface area contributed by atoms with Gasteiger partial charge in [0.05, 0.1) is 17.9 Å². The molecule has 0 saturated heterocycles. The fourth-order valence-corrected chi connectivity index (χ4v) is 4.08. The van der Waals surface area contributed by atoms with Gasteiger partial charge in [0.1, 0.15) is 5.75 Å². The highest BCUT2D eigenvalue weighted by atomic mass is 32.2. The quantitative estimate of drug-likeness (QED) is 0.529. The van der Waals surface area contributed by atoms with E-state index in [0.29, 0.717) is 6.54 Å². The summed E-state index contributed by atoms with van der Waals surface area (Å²) in [6.07, 6.45) is 0.838. The molecular weight excluding hydrogens is 384 g/mol. The molecule has 0 aliphatic rings. The summed E-state index contributed by atoms with van der Waals surface area (Å²) in [6, 6.07) is 18.1. The highest BCUT2D eigenvalue weighted by Gasteiger charge is 2.23. The SMILES string of the molecule is COc1ccccc1-c1nnc(S[C@H](C)C(=O)N(C)C)n1CCc1ccccc1. The molecule has 3 aromatic rings. The second kappa shape index (κ2) is 9.60. The summed E-state index contributed by atoms with van der Waals surface area (Å²) < 4.78 is 7.61. The van der Waals surface area contributed by atoms with Crippen LogP contribution in [0.25, 0.3) is 11.4 Å². The minimum atomic E-state index is -0.254. The van der Waals surface area contributed by atoms with Gasteiger partial charge in [0.25, 0.3) is 0 Å². The van der Waals surface area contributed by atoms with Crippen molar-refractivity contribution in [1.29, 1.82) is 0 Å². The largest absolute Gasteiger partial charge is 0.496 e. The monoisotopic (exact) mass is 410 g/mol. The van der Waals surface area contributed by atoms with E-state index in [1.54, 1.807) is 26.1 Å². The van der Waals surface area contributed by atoms with E-state index in [9.17, 15) is 4.79 Å². The van der Waals surface area contributed by atoms with Gasteiger partial charge >= 0.3 is 0 Å². The third kappa shape index (κ3) is 4.98. The number of methoxy groups -OCH3 is 1. The predicted octanol–water partition coefficient (Wildman–Crippen LogP) is 3.77. The summed E-state index contributed by atoms with van der Waals surface area (Å²) in [5.74, 6) is 1.53. The fourth-order valence-electron chi connectivity index (χ4n) is 3.06. The molecular formula is C22H26N4O2S. The molecule has 1 atom stereocenters. The van der Waals surface area contributed by atoms with Gasteiger partial charge in [0.15, 0.2) is 11.0 Å². The number of carbonyl (C=O) groups is 1. The van der Waals surface area contributed by atoms with Crippen molar-refractivity contribution < 1.29 is 9.53 Å². The Labute approximate surface area is 175 Å². The average Bonchev–Trinajstić information content (AvgIpc) is 3.14. The van der Waals surface area contributed by atoms with Gasteiger partial charge in [0, 0.05) is 20.6 Å². The maximum atomic E-state index is 12.3. The van der Waals surface area contributed by atoms with E-state index in [4.69, 9.17) is 4.74 Å². The molecule has 2 aromatic carbocycles. The molecule has 1 amide bonds. The molecule has 0 saturated carbocycles. The lowest BCUT2D eigenvalue weighted by atomic mass is 10.1. The molecule has 0 fully saturated rings. The smallest absolute Gasteiger partial charge is 0.235 e. The van der Waals surface area contributed by atoms with E-state index < -0.39 is 0 Å². The zero-order valence-corrected chi connectivity index (χ0v) is 18.0. The molecule has 0 bridgehead atoms. The summed E-state index contributed by atoms with van der Waals surface area (Å²) in [7, 11) is 5.18. The van der Waals surface area contributed by atoms with E-state index >= 15 is 0 Å². The topological polar surface area (TPSA) is 60.3 Å². The van der Waals surface area contributed by atoms with Crippen molar-refractivity contribution >= 4 is 17.7 Å². The van der Waals surface area contributed by atoms with E-state index in [2.05, 4.69) is 26.9 Å². The Bertz CT molecular complexity index is 956. The molecule has 1 heterocycles. The summed E-state index contributed by atoms with van der Waals surface area (Å²) in [5.41, 5.74) is 2.12. The van der Waals surface area contributed by atoms with Crippen LogP contribution in [0, 0.1) is 0 Å². The number of aryl methyl sites for hydroxylation is 1. The molecule has 0 aliphatic carbocycles. The van der Waals surface area contributed by atoms with Crippen molar-refractivity contribution in [3.63, 3.8) is 0 Å². The standard InChI is InChI=1S/C22H26N4O2S/c1-16(21(27)25(2)3)29-22-24-23-20(18-12-8-9-13-19(18)28-4)26(22)15-14-17-10-6-5-7-11-17/h5-13,16H,14-15H2,1-4H3/t16-/m1/s1. The number of ether oxygens (including phenoxy) is 1. The van der Waals surface area contributed by atoms with Crippen LogP contribution >= 0.6 is 11.8 Å². The molecule has 3 rings (SSSR count). The maximum Gasteiger partial charge on any atom is 0.235 e. The first-order chi connectivity index (χ1) is 14.0. The van der Waals surface area contributed by atoms with Crippen LogP contribution in [-0.2, 0) is 17.8 Å². The van der Waals surface area contributed by atoms with Gasteiger partial charge in [-0.15, -0.1) is 10.2 Å². The van der Waals surface area contributed by atoms with Gasteiger partial charge in [-0.1, -0.05) is 54.2 Å². The van der Waals surface area contributed by atoms with Gasteiger partial charge in [-0.2, -0.15) is 0 Å². The van der Waals surface area contributed by atoms with Crippen LogP contribution < -0.4 is 4.74 Å². The number of benzene rings is 2. The zero-order chi connectivity index (χ0) is 20.8. The van der Waals surface area contributed by atoms with Crippen molar-refractivity contribution in [3.05, 3.63) is 60.2 Å². The summed E-state index contributed by atoms with van der Waals surface area (Å²) in [5, 5.41) is 9.34. The number of rotatable bonds is 8. The second-order valence-electron chi connectivity index (χ2n) is 6.89. The number of aromatic nitrogens is 3. The van der Waals surface area contributed by atoms with Crippen molar-refractivity contribution in [2.24, 2.45) is 0 Å². The highest BCUT2D eigenvalue weighted by Crippen LogP contribution is 2.32. The van der Waals surface area contributed by atoms with Crippen LogP contribution in [0.2, 0.25) is 0 Å². The Hall–Kier alpha value is -2.80. The fraction of sp³-hybridized carbons (Fsp3) is 0.318. The van der Waals surface area contributed by atoms with Gasteiger partial charge in [-0.25, -0.2) is 0 Å². The van der Waals surface area contributed by atoms with Gasteiger partial charge in [-0.05, 0) is 31.0 Å². The van der Waals surface area contributed by atoms with Crippen molar-refractivity contribution in [2.45, 2.75) is 30.3 Å². The highest BCUT2D eigenvalue weighted by molar-refractivity contribution is 8.00. The maximum absolute atomic E-state index is 12.3. The molecule has 29 heavy (non-hydrogen) atoms. The number of nitrogens with zero attached hydrogens (tertiary/aromatic N) is 4. The molecule has 6 nitrogen and oxygen atoms in total. The lowest BCUT2D eigenvalue weighted by Crippen LogP contribution is -2.29. The van der Waals surface area contributed by atoms with E-state index in [1.807, 2.05) is 49.4 Å². The summed E-state index contributed by atoms with van der Waals surface area (Å²) in [6.45, 7) is 2.60. The molecule has 152 valence electrons. The van der Waals surface area contributed by atoms with Crippen LogP contribution in [-0.4, -0.2) is 52.0 Å². The Morgan fingerprint density at radius 3 is 2.48 bits per heavy atom. The summed E-state index contributed by atoms with van der Waals surface area (Å²) >= 11 is 1.43. The van der Waals surface area contributed by atoms with Crippen molar-refractivity contribution in [3.8, 4) is 17.1 Å². The number of hydrogen-bond donors (Lipinski definition) is 0. The normalized spacial score (nSPS) is 11.9. The van der Waals surface area contributed by atoms with E-state index in [-0.39, 0.29) is 11.2 Å². The summed E-state index contributed by atoms with van der Waals surface area (Å²) in [4.78, 5) is 13.9. The molecule has 7 heteroatoms. The van der Waals surface area contributed by atoms with Crippen LogP contribution in [0.1, 0.15) is 12.5 Å². The van der Waals surface area contributed by atoms with Crippen LogP contribution in [0.5, 0.6) is 5.75 Å². The Morgan fingerprint density at radius 1 is 1.10 bits per heavy atom. The minimum Gasteiger partial charge on any atom is -0.496 e. The Morgan fingerprint density at radius 2 is 1.79 bits per heavy atom. The first-order valence-corrected chi connectivity index (χ1v) is 10.4. The number of amides is 1. The van der Waals surface area contributed by atoms with Crippen LogP contribution in [0.3, 0.4) is 0 Å². The van der Waals surface area contributed by atoms with E-state index in [0.717, 1.165) is 28.7 Å². The molecule has 0 unspecified atom stereocenters. The number of carbonyl (C=O) groups excluding carboxylic acids is 1. The third-order valence-corrected chi connectivity index (χ3v) is 5.67. The average molecular weight is 411 g/mol. The lowest BCUT2D eigenvalue weighted by Gasteiger charge is -2.17. The van der Waals surface area contributed by atoms with Crippen molar-refractivity contribution in [2.75, 3.05) is 21.2 Å². The Balaban J connectivity index is 1.95. The van der Waals surface area contributed by atoms with Crippen LogP contribution in [0.4, 0.5) is 0 Å². The van der Waals surface area contributed by atoms with Gasteiger partial charge in [-0.3, -0.25) is 4.79 Å². The van der Waals surface area contributed by atoms with Crippen molar-refractivity contribution in [1.82, 2.24) is 19.7 Å². The molecule has 1 aromatic heterocycles. The van der Waals surface area contributed by atoms with E-state index in [1.165, 1.54) is 17.3 Å². The first kappa shape index (κ1) is 20.9. The third-order valence-electron chi connectivity index (χ3n) is 4.60. The molecule has 0 N–H and O–H groups in total. The number of para-hydroxylation sites is 1. The second-order valence-corrected chi connectivity index (χ2v) is 8.19. The lowest BCUT2D eigenvalue weighted by molar-refractivity contribution is -0.127. The first-order valence-electron chi connectivity index (χ1n) is 9.49. The predicted molar refractivity (Wildman–Crippen MR) is 116 cm³/mol. The molecule has 0 spiro atoms. The Kier molecular flexibility index (Phi) is 6.93. The molecule has 0 radical (unpaired) electrons. The number of hydrogen-bond acceptors (Lipinski definition) is 5. The molecule has 0 aliphatic heterocycles. The zero-order valence-electron chi connectivity index (χ0n) is 17.2. The number of thioether (sulfide) groups is 1. The minimum absolute atomic E-state index is 0.0476. The van der Waals surface area contributed by atoms with Gasteiger partial charge < -0.3 is 14.2 Å².